The van der Waals surface area contributed by atoms with Crippen molar-refractivity contribution in [3.63, 3.8) is 0 Å². The molecule has 0 bridgehead atoms. The summed E-state index contributed by atoms with van der Waals surface area (Å²) in [6, 6.07) is 9.64. The van der Waals surface area contributed by atoms with Crippen molar-refractivity contribution < 1.29 is 4.79 Å². The summed E-state index contributed by atoms with van der Waals surface area (Å²) in [6.07, 6.45) is 2.27. The maximum atomic E-state index is 12.1. The van der Waals surface area contributed by atoms with Crippen molar-refractivity contribution in [2.75, 3.05) is 26.7 Å². The zero-order chi connectivity index (χ0) is 13.5. The van der Waals surface area contributed by atoms with Gasteiger partial charge < -0.3 is 10.2 Å². The van der Waals surface area contributed by atoms with Crippen LogP contribution in [0.5, 0.6) is 0 Å². The van der Waals surface area contributed by atoms with Crippen LogP contribution in [0.4, 0.5) is 0 Å². The van der Waals surface area contributed by atoms with E-state index in [2.05, 4.69) is 17.2 Å². The highest BCUT2D eigenvalue weighted by Crippen LogP contribution is 2.15. The van der Waals surface area contributed by atoms with E-state index in [9.17, 15) is 4.79 Å². The molecule has 0 aliphatic carbocycles. The standard InChI is InChI=1S/C16H20N2O/c1-17-12-15-8-5-11-18(13-15)16(19)10-9-14-6-3-2-4-7-14/h2-4,6-7,15,17H,5,8,11-13H2,1H3. The molecule has 1 aliphatic heterocycles. The van der Waals surface area contributed by atoms with Gasteiger partial charge in [0.25, 0.3) is 5.91 Å². The quantitative estimate of drug-likeness (QED) is 0.813. The number of carbonyl (C=O) groups excluding carboxylic acids is 1. The Labute approximate surface area is 115 Å². The Hall–Kier alpha value is -1.79. The second-order valence-electron chi connectivity index (χ2n) is 4.93. The van der Waals surface area contributed by atoms with Crippen LogP contribution in [0.25, 0.3) is 0 Å². The van der Waals surface area contributed by atoms with Crippen LogP contribution in [0.1, 0.15) is 18.4 Å². The van der Waals surface area contributed by atoms with Gasteiger partial charge in [-0.25, -0.2) is 0 Å². The lowest BCUT2D eigenvalue weighted by atomic mass is 9.98. The number of benzene rings is 1. The molecule has 1 aromatic carbocycles. The van der Waals surface area contributed by atoms with E-state index in [1.807, 2.05) is 42.3 Å². The van der Waals surface area contributed by atoms with Gasteiger partial charge in [-0.15, -0.1) is 0 Å². The predicted molar refractivity (Wildman–Crippen MR) is 76.6 cm³/mol. The highest BCUT2D eigenvalue weighted by Gasteiger charge is 2.21. The minimum Gasteiger partial charge on any atom is -0.332 e. The molecule has 1 heterocycles. The fourth-order valence-corrected chi connectivity index (χ4v) is 2.43. The Morgan fingerprint density at radius 2 is 2.21 bits per heavy atom. The van der Waals surface area contributed by atoms with Crippen LogP contribution in [-0.4, -0.2) is 37.5 Å². The molecular formula is C16H20N2O. The van der Waals surface area contributed by atoms with Crippen LogP contribution in [0.15, 0.2) is 30.3 Å². The molecule has 1 N–H and O–H groups in total. The molecule has 19 heavy (non-hydrogen) atoms. The van der Waals surface area contributed by atoms with Gasteiger partial charge in [0.2, 0.25) is 0 Å². The molecule has 0 spiro atoms. The summed E-state index contributed by atoms with van der Waals surface area (Å²) in [5.74, 6) is 6.19. The number of likely N-dealkylation sites (tertiary alicyclic amines) is 1. The van der Waals surface area contributed by atoms with Crippen molar-refractivity contribution in [2.24, 2.45) is 5.92 Å². The zero-order valence-electron chi connectivity index (χ0n) is 11.4. The molecule has 1 aromatic rings. The van der Waals surface area contributed by atoms with E-state index in [4.69, 9.17) is 0 Å². The number of carbonyl (C=O) groups is 1. The third kappa shape index (κ3) is 4.11. The maximum Gasteiger partial charge on any atom is 0.298 e. The molecule has 1 amide bonds. The zero-order valence-corrected chi connectivity index (χ0v) is 11.4. The lowest BCUT2D eigenvalue weighted by Crippen LogP contribution is -2.41. The SMILES string of the molecule is CNCC1CCCN(C(=O)C#Cc2ccccc2)C1. The Kier molecular flexibility index (Phi) is 5.00. The lowest BCUT2D eigenvalue weighted by Gasteiger charge is -2.31. The summed E-state index contributed by atoms with van der Waals surface area (Å²) >= 11 is 0. The molecule has 1 atom stereocenters. The number of nitrogens with one attached hydrogen (secondary N) is 1. The Bertz CT molecular complexity index is 471. The molecule has 0 aromatic heterocycles. The van der Waals surface area contributed by atoms with Gasteiger partial charge in [0.15, 0.2) is 0 Å². The van der Waals surface area contributed by atoms with Gasteiger partial charge in [-0.3, -0.25) is 4.79 Å². The summed E-state index contributed by atoms with van der Waals surface area (Å²) in [4.78, 5) is 13.9. The Balaban J connectivity index is 1.95. The largest absolute Gasteiger partial charge is 0.332 e. The molecule has 1 saturated heterocycles. The first-order chi connectivity index (χ1) is 9.29. The maximum absolute atomic E-state index is 12.1. The first kappa shape index (κ1) is 13.6. The van der Waals surface area contributed by atoms with Crippen LogP contribution in [0, 0.1) is 17.8 Å². The molecular weight excluding hydrogens is 236 g/mol. The average molecular weight is 256 g/mol. The van der Waals surface area contributed by atoms with Crippen LogP contribution in [0.3, 0.4) is 0 Å². The number of amides is 1. The first-order valence-electron chi connectivity index (χ1n) is 6.80. The van der Waals surface area contributed by atoms with E-state index < -0.39 is 0 Å². The van der Waals surface area contributed by atoms with Crippen molar-refractivity contribution in [3.05, 3.63) is 35.9 Å². The third-order valence-corrected chi connectivity index (χ3v) is 3.39. The second-order valence-corrected chi connectivity index (χ2v) is 4.93. The van der Waals surface area contributed by atoms with E-state index in [0.717, 1.165) is 31.6 Å². The minimum absolute atomic E-state index is 0.0512. The highest BCUT2D eigenvalue weighted by molar-refractivity contribution is 5.94. The molecule has 3 nitrogen and oxygen atoms in total. The number of hydrogen-bond donors (Lipinski definition) is 1. The highest BCUT2D eigenvalue weighted by atomic mass is 16.2. The number of hydrogen-bond acceptors (Lipinski definition) is 2. The molecule has 1 unspecified atom stereocenters. The fraction of sp³-hybridized carbons (Fsp3) is 0.438. The summed E-state index contributed by atoms with van der Waals surface area (Å²) in [7, 11) is 1.95. The molecule has 1 fully saturated rings. The van der Waals surface area contributed by atoms with Gasteiger partial charge in [-0.05, 0) is 44.5 Å². The molecule has 2 rings (SSSR count). The summed E-state index contributed by atoms with van der Waals surface area (Å²) in [5, 5.41) is 3.18. The van der Waals surface area contributed by atoms with Crippen molar-refractivity contribution in [1.82, 2.24) is 10.2 Å². The van der Waals surface area contributed by atoms with Crippen molar-refractivity contribution in [2.45, 2.75) is 12.8 Å². The van der Waals surface area contributed by atoms with Gasteiger partial charge in [0.05, 0.1) is 0 Å². The van der Waals surface area contributed by atoms with E-state index in [1.54, 1.807) is 0 Å². The minimum atomic E-state index is -0.0512. The van der Waals surface area contributed by atoms with Crippen LogP contribution >= 0.6 is 0 Å². The van der Waals surface area contributed by atoms with E-state index in [0.29, 0.717) is 5.92 Å². The first-order valence-corrected chi connectivity index (χ1v) is 6.80. The Morgan fingerprint density at radius 1 is 1.42 bits per heavy atom. The smallest absolute Gasteiger partial charge is 0.298 e. The molecule has 0 radical (unpaired) electrons. The number of piperidine rings is 1. The van der Waals surface area contributed by atoms with Crippen LogP contribution < -0.4 is 5.32 Å². The van der Waals surface area contributed by atoms with Gasteiger partial charge in [0.1, 0.15) is 0 Å². The van der Waals surface area contributed by atoms with E-state index >= 15 is 0 Å². The van der Waals surface area contributed by atoms with Crippen molar-refractivity contribution in [1.29, 1.82) is 0 Å². The number of nitrogens with zero attached hydrogens (tertiary/aromatic N) is 1. The summed E-state index contributed by atoms with van der Waals surface area (Å²) < 4.78 is 0. The monoisotopic (exact) mass is 256 g/mol. The van der Waals surface area contributed by atoms with E-state index in [1.165, 1.54) is 6.42 Å². The second kappa shape index (κ2) is 6.96. The number of rotatable bonds is 2. The lowest BCUT2D eigenvalue weighted by molar-refractivity contribution is -0.126. The predicted octanol–water partition coefficient (Wildman–Crippen LogP) is 1.50. The molecule has 100 valence electrons. The van der Waals surface area contributed by atoms with Gasteiger partial charge in [0, 0.05) is 24.6 Å². The van der Waals surface area contributed by atoms with Gasteiger partial charge in [-0.2, -0.15) is 0 Å². The summed E-state index contributed by atoms with van der Waals surface area (Å²) in [6.45, 7) is 2.63. The third-order valence-electron chi connectivity index (χ3n) is 3.39. The fourth-order valence-electron chi connectivity index (χ4n) is 2.43. The Morgan fingerprint density at radius 3 is 2.95 bits per heavy atom. The van der Waals surface area contributed by atoms with E-state index in [-0.39, 0.29) is 5.91 Å². The van der Waals surface area contributed by atoms with Crippen molar-refractivity contribution >= 4 is 5.91 Å². The van der Waals surface area contributed by atoms with Gasteiger partial charge in [-0.1, -0.05) is 24.1 Å². The van der Waals surface area contributed by atoms with Gasteiger partial charge >= 0.3 is 0 Å². The van der Waals surface area contributed by atoms with Crippen LogP contribution in [-0.2, 0) is 4.79 Å². The molecule has 3 heteroatoms. The molecule has 1 aliphatic rings. The van der Waals surface area contributed by atoms with Crippen LogP contribution in [0.2, 0.25) is 0 Å². The summed E-state index contributed by atoms with van der Waals surface area (Å²) in [5.41, 5.74) is 0.889. The normalized spacial score (nSPS) is 18.6. The topological polar surface area (TPSA) is 32.3 Å². The average Bonchev–Trinajstić information content (AvgIpc) is 2.46. The molecule has 0 saturated carbocycles. The van der Waals surface area contributed by atoms with Crippen molar-refractivity contribution in [3.8, 4) is 11.8 Å².